The number of nitrogens with two attached hydrogens (primary N) is 1. The topological polar surface area (TPSA) is 80.6 Å². The molecule has 0 radical (unpaired) electrons. The molecular formula is C15H13N3O2. The molecule has 0 atom stereocenters. The van der Waals surface area contributed by atoms with Crippen LogP contribution in [-0.2, 0) is 0 Å². The van der Waals surface area contributed by atoms with Gasteiger partial charge >= 0.3 is 5.97 Å². The van der Waals surface area contributed by atoms with Gasteiger partial charge in [-0.2, -0.15) is 0 Å². The number of carboxylic acids is 1. The van der Waals surface area contributed by atoms with Crippen LogP contribution < -0.4 is 5.73 Å². The maximum Gasteiger partial charge on any atom is 0.356 e. The van der Waals surface area contributed by atoms with Crippen molar-refractivity contribution >= 4 is 17.2 Å². The second-order valence-corrected chi connectivity index (χ2v) is 4.62. The van der Waals surface area contributed by atoms with Gasteiger partial charge in [-0.25, -0.2) is 9.78 Å². The number of aromatic nitrogens is 2. The van der Waals surface area contributed by atoms with E-state index in [0.717, 1.165) is 11.1 Å². The van der Waals surface area contributed by atoms with Crippen LogP contribution in [0.25, 0.3) is 16.9 Å². The monoisotopic (exact) mass is 267 g/mol. The maximum absolute atomic E-state index is 11.3. The third-order valence-electron chi connectivity index (χ3n) is 3.26. The van der Waals surface area contributed by atoms with Crippen LogP contribution in [0.15, 0.2) is 42.6 Å². The molecule has 0 unspecified atom stereocenters. The molecule has 0 aliphatic heterocycles. The molecule has 0 aliphatic rings. The molecule has 1 aromatic carbocycles. The minimum atomic E-state index is -1.06. The predicted molar refractivity (Wildman–Crippen MR) is 76.7 cm³/mol. The highest BCUT2D eigenvalue weighted by Crippen LogP contribution is 2.26. The van der Waals surface area contributed by atoms with Crippen LogP contribution in [0.1, 0.15) is 16.1 Å². The summed E-state index contributed by atoms with van der Waals surface area (Å²) < 4.78 is 1.75. The van der Waals surface area contributed by atoms with Crippen molar-refractivity contribution in [1.82, 2.24) is 9.38 Å². The van der Waals surface area contributed by atoms with Gasteiger partial charge in [0.1, 0.15) is 5.82 Å². The molecule has 20 heavy (non-hydrogen) atoms. The molecule has 5 nitrogen and oxygen atoms in total. The number of nitrogens with zero attached hydrogens (tertiary/aromatic N) is 2. The van der Waals surface area contributed by atoms with E-state index in [1.54, 1.807) is 22.7 Å². The number of aryl methyl sites for hydroxylation is 1. The SMILES string of the molecule is Cc1ccccc1-c1nc(C(=O)O)c2cc(N)ccn12. The molecule has 5 heteroatoms. The Morgan fingerprint density at radius 2 is 2.05 bits per heavy atom. The molecule has 0 fully saturated rings. The summed E-state index contributed by atoms with van der Waals surface area (Å²) in [4.78, 5) is 15.6. The molecular weight excluding hydrogens is 254 g/mol. The fraction of sp³-hybridized carbons (Fsp3) is 0.0667. The minimum absolute atomic E-state index is 0.00977. The third kappa shape index (κ3) is 1.80. The number of anilines is 1. The standard InChI is InChI=1S/C15H13N3O2/c1-9-4-2-3-5-11(9)14-17-13(15(19)20)12-8-10(16)6-7-18(12)14/h2-8H,16H2,1H3,(H,19,20). The summed E-state index contributed by atoms with van der Waals surface area (Å²) in [6, 6.07) is 11.1. The highest BCUT2D eigenvalue weighted by molar-refractivity contribution is 5.95. The number of rotatable bonds is 2. The minimum Gasteiger partial charge on any atom is -0.476 e. The van der Waals surface area contributed by atoms with Crippen LogP contribution in [0.4, 0.5) is 5.69 Å². The first kappa shape index (κ1) is 12.2. The van der Waals surface area contributed by atoms with Crippen molar-refractivity contribution in [3.63, 3.8) is 0 Å². The van der Waals surface area contributed by atoms with E-state index in [1.807, 2.05) is 31.2 Å². The normalized spacial score (nSPS) is 10.8. The average Bonchev–Trinajstić information content (AvgIpc) is 2.78. The largest absolute Gasteiger partial charge is 0.476 e. The van der Waals surface area contributed by atoms with Gasteiger partial charge in [0.2, 0.25) is 0 Å². The molecule has 2 heterocycles. The molecule has 0 saturated heterocycles. The molecule has 0 bridgehead atoms. The van der Waals surface area contributed by atoms with E-state index in [2.05, 4.69) is 4.98 Å². The zero-order valence-corrected chi connectivity index (χ0v) is 10.9. The lowest BCUT2D eigenvalue weighted by atomic mass is 10.1. The average molecular weight is 267 g/mol. The highest BCUT2D eigenvalue weighted by atomic mass is 16.4. The summed E-state index contributed by atoms with van der Waals surface area (Å²) in [6.07, 6.45) is 1.74. The Morgan fingerprint density at radius 3 is 2.75 bits per heavy atom. The first-order valence-electron chi connectivity index (χ1n) is 6.15. The van der Waals surface area contributed by atoms with Gasteiger partial charge in [0, 0.05) is 17.4 Å². The summed E-state index contributed by atoms with van der Waals surface area (Å²) >= 11 is 0. The van der Waals surface area contributed by atoms with E-state index < -0.39 is 5.97 Å². The molecule has 100 valence electrons. The fourth-order valence-electron chi connectivity index (χ4n) is 2.27. The number of benzene rings is 1. The lowest BCUT2D eigenvalue weighted by Gasteiger charge is -2.04. The molecule has 0 aliphatic carbocycles. The van der Waals surface area contributed by atoms with Crippen molar-refractivity contribution in [3.8, 4) is 11.4 Å². The van der Waals surface area contributed by atoms with Gasteiger partial charge in [-0.3, -0.25) is 4.40 Å². The van der Waals surface area contributed by atoms with Crippen LogP contribution in [0.3, 0.4) is 0 Å². The number of hydrogen-bond donors (Lipinski definition) is 2. The number of pyridine rings is 1. The van der Waals surface area contributed by atoms with Crippen molar-refractivity contribution in [3.05, 3.63) is 53.9 Å². The van der Waals surface area contributed by atoms with Gasteiger partial charge in [0.05, 0.1) is 5.52 Å². The Balaban J connectivity index is 2.38. The number of aromatic carboxylic acids is 1. The van der Waals surface area contributed by atoms with E-state index in [9.17, 15) is 9.90 Å². The van der Waals surface area contributed by atoms with Gasteiger partial charge in [-0.1, -0.05) is 24.3 Å². The Kier molecular flexibility index (Phi) is 2.68. The van der Waals surface area contributed by atoms with Gasteiger partial charge in [-0.05, 0) is 24.6 Å². The molecule has 3 N–H and O–H groups in total. The molecule has 2 aromatic heterocycles. The summed E-state index contributed by atoms with van der Waals surface area (Å²) in [5.74, 6) is -0.455. The predicted octanol–water partition coefficient (Wildman–Crippen LogP) is 2.59. The molecule has 3 aromatic rings. The second kappa shape index (κ2) is 4.38. The number of carboxylic acid groups (broad SMARTS) is 1. The van der Waals surface area contributed by atoms with E-state index in [-0.39, 0.29) is 5.69 Å². The third-order valence-corrected chi connectivity index (χ3v) is 3.26. The Morgan fingerprint density at radius 1 is 1.30 bits per heavy atom. The molecule has 0 spiro atoms. The van der Waals surface area contributed by atoms with Crippen molar-refractivity contribution in [1.29, 1.82) is 0 Å². The summed E-state index contributed by atoms with van der Waals surface area (Å²) in [6.45, 7) is 1.97. The highest BCUT2D eigenvalue weighted by Gasteiger charge is 2.18. The van der Waals surface area contributed by atoms with E-state index in [1.165, 1.54) is 0 Å². The van der Waals surface area contributed by atoms with Crippen LogP contribution >= 0.6 is 0 Å². The summed E-state index contributed by atoms with van der Waals surface area (Å²) in [5.41, 5.74) is 8.69. The quantitative estimate of drug-likeness (QED) is 0.747. The Labute approximate surface area is 115 Å². The lowest BCUT2D eigenvalue weighted by molar-refractivity contribution is 0.0693. The first-order valence-corrected chi connectivity index (χ1v) is 6.15. The van der Waals surface area contributed by atoms with Crippen molar-refractivity contribution in [2.24, 2.45) is 0 Å². The zero-order chi connectivity index (χ0) is 14.3. The molecule has 0 amide bonds. The maximum atomic E-state index is 11.3. The smallest absolute Gasteiger partial charge is 0.356 e. The van der Waals surface area contributed by atoms with E-state index in [0.29, 0.717) is 17.0 Å². The molecule has 0 saturated carbocycles. The zero-order valence-electron chi connectivity index (χ0n) is 10.9. The summed E-state index contributed by atoms with van der Waals surface area (Å²) in [7, 11) is 0. The lowest BCUT2D eigenvalue weighted by Crippen LogP contribution is -1.97. The van der Waals surface area contributed by atoms with E-state index >= 15 is 0 Å². The number of imidazole rings is 1. The van der Waals surface area contributed by atoms with Gasteiger partial charge in [0.15, 0.2) is 5.69 Å². The van der Waals surface area contributed by atoms with Crippen LogP contribution in [0, 0.1) is 6.92 Å². The fourth-order valence-corrected chi connectivity index (χ4v) is 2.27. The van der Waals surface area contributed by atoms with Crippen LogP contribution in [-0.4, -0.2) is 20.5 Å². The number of fused-ring (bicyclic) bond motifs is 1. The second-order valence-electron chi connectivity index (χ2n) is 4.62. The number of hydrogen-bond acceptors (Lipinski definition) is 3. The molecule has 3 rings (SSSR count). The van der Waals surface area contributed by atoms with Gasteiger partial charge < -0.3 is 10.8 Å². The first-order chi connectivity index (χ1) is 9.58. The number of carbonyl (C=O) groups is 1. The van der Waals surface area contributed by atoms with E-state index in [4.69, 9.17) is 5.73 Å². The van der Waals surface area contributed by atoms with Gasteiger partial charge in [-0.15, -0.1) is 0 Å². The van der Waals surface area contributed by atoms with Crippen molar-refractivity contribution in [2.45, 2.75) is 6.92 Å². The summed E-state index contributed by atoms with van der Waals surface area (Å²) in [5, 5.41) is 9.29. The Hall–Kier alpha value is -2.82. The Bertz CT molecular complexity index is 821. The van der Waals surface area contributed by atoms with Crippen LogP contribution in [0.2, 0.25) is 0 Å². The van der Waals surface area contributed by atoms with Crippen LogP contribution in [0.5, 0.6) is 0 Å². The van der Waals surface area contributed by atoms with Crippen molar-refractivity contribution < 1.29 is 9.90 Å². The van der Waals surface area contributed by atoms with Crippen molar-refractivity contribution in [2.75, 3.05) is 5.73 Å². The number of nitrogen functional groups attached to an aromatic ring is 1. The van der Waals surface area contributed by atoms with Gasteiger partial charge in [0.25, 0.3) is 0 Å².